The fraction of sp³-hybridized carbons (Fsp3) is 0.500. The molecule has 0 aromatic heterocycles. The van der Waals surface area contributed by atoms with Crippen LogP contribution in [0.15, 0.2) is 23.1 Å². The maximum atomic E-state index is 12.5. The van der Waals surface area contributed by atoms with Gasteiger partial charge in [-0.3, -0.25) is 0 Å². The number of rotatable bonds is 6. The van der Waals surface area contributed by atoms with Crippen molar-refractivity contribution >= 4 is 23.4 Å². The Balaban J connectivity index is 3.02. The van der Waals surface area contributed by atoms with Gasteiger partial charge in [-0.2, -0.15) is 13.2 Å². The first kappa shape index (κ1) is 15.5. The second-order valence-electron chi connectivity index (χ2n) is 3.51. The lowest BCUT2D eigenvalue weighted by Crippen LogP contribution is -2.04. The zero-order valence-corrected chi connectivity index (χ0v) is 11.5. The Morgan fingerprint density at radius 3 is 2.61 bits per heavy atom. The van der Waals surface area contributed by atoms with E-state index in [1.165, 1.54) is 6.07 Å². The molecular formula is C12H14ClF3OS. The molecule has 0 atom stereocenters. The predicted molar refractivity (Wildman–Crippen MR) is 68.6 cm³/mol. The van der Waals surface area contributed by atoms with E-state index in [4.69, 9.17) is 16.3 Å². The van der Waals surface area contributed by atoms with Gasteiger partial charge in [0.05, 0.1) is 6.61 Å². The van der Waals surface area contributed by atoms with E-state index >= 15 is 0 Å². The van der Waals surface area contributed by atoms with Gasteiger partial charge in [0.15, 0.2) is 0 Å². The van der Waals surface area contributed by atoms with Gasteiger partial charge in [-0.25, -0.2) is 0 Å². The molecule has 0 aliphatic heterocycles. The van der Waals surface area contributed by atoms with Crippen molar-refractivity contribution in [3.63, 3.8) is 0 Å². The molecule has 6 heteroatoms. The fourth-order valence-electron chi connectivity index (χ4n) is 1.55. The van der Waals surface area contributed by atoms with Gasteiger partial charge in [-0.1, -0.05) is 6.07 Å². The van der Waals surface area contributed by atoms with Gasteiger partial charge in [0.1, 0.15) is 5.75 Å². The van der Waals surface area contributed by atoms with Gasteiger partial charge in [0.25, 0.3) is 0 Å². The van der Waals surface area contributed by atoms with Crippen molar-refractivity contribution in [3.8, 4) is 5.75 Å². The number of halogens is 4. The molecule has 0 saturated carbocycles. The molecule has 102 valence electrons. The van der Waals surface area contributed by atoms with Crippen LogP contribution < -0.4 is 4.74 Å². The molecule has 0 spiro atoms. The highest BCUT2D eigenvalue weighted by Crippen LogP contribution is 2.41. The summed E-state index contributed by atoms with van der Waals surface area (Å²) < 4.78 is 42.7. The van der Waals surface area contributed by atoms with Gasteiger partial charge >= 0.3 is 5.51 Å². The predicted octanol–water partition coefficient (Wildman–Crippen LogP) is 4.87. The number of ether oxygens (including phenoxy) is 1. The normalized spacial score (nSPS) is 11.6. The lowest BCUT2D eigenvalue weighted by molar-refractivity contribution is -0.0328. The zero-order valence-electron chi connectivity index (χ0n) is 9.89. The van der Waals surface area contributed by atoms with Crippen molar-refractivity contribution in [1.29, 1.82) is 0 Å². The minimum Gasteiger partial charge on any atom is -0.494 e. The van der Waals surface area contributed by atoms with E-state index in [-0.39, 0.29) is 16.7 Å². The summed E-state index contributed by atoms with van der Waals surface area (Å²) in [6.45, 7) is 2.23. The summed E-state index contributed by atoms with van der Waals surface area (Å²) in [7, 11) is 0. The summed E-state index contributed by atoms with van der Waals surface area (Å²) in [6, 6.07) is 4.72. The van der Waals surface area contributed by atoms with Crippen LogP contribution >= 0.6 is 23.4 Å². The minimum absolute atomic E-state index is 0.105. The Morgan fingerprint density at radius 1 is 1.33 bits per heavy atom. The molecule has 0 heterocycles. The molecule has 1 aromatic carbocycles. The quantitative estimate of drug-likeness (QED) is 0.547. The number of alkyl halides is 4. The first-order valence-electron chi connectivity index (χ1n) is 5.54. The topological polar surface area (TPSA) is 9.23 Å². The molecule has 1 nitrogen and oxygen atoms in total. The average molecular weight is 299 g/mol. The monoisotopic (exact) mass is 298 g/mol. The van der Waals surface area contributed by atoms with Crippen molar-refractivity contribution in [2.75, 3.05) is 12.5 Å². The van der Waals surface area contributed by atoms with Gasteiger partial charge in [-0.15, -0.1) is 11.6 Å². The molecule has 0 unspecified atom stereocenters. The third-order valence-corrected chi connectivity index (χ3v) is 3.28. The molecule has 18 heavy (non-hydrogen) atoms. The van der Waals surface area contributed by atoms with Crippen LogP contribution in [0.2, 0.25) is 0 Å². The van der Waals surface area contributed by atoms with E-state index in [0.717, 1.165) is 0 Å². The Morgan fingerprint density at radius 2 is 2.06 bits per heavy atom. The lowest BCUT2D eigenvalue weighted by Gasteiger charge is -2.15. The highest BCUT2D eigenvalue weighted by molar-refractivity contribution is 8.00. The van der Waals surface area contributed by atoms with E-state index in [1.807, 2.05) is 0 Å². The maximum absolute atomic E-state index is 12.5. The van der Waals surface area contributed by atoms with Crippen molar-refractivity contribution in [3.05, 3.63) is 23.8 Å². The standard InChI is InChI=1S/C12H14ClF3OS/c1-2-17-10-6-3-7-11(18-12(14,15)16)9(10)5-4-8-13/h3,6-7H,2,4-5,8H2,1H3. The number of thioether (sulfide) groups is 1. The molecule has 1 rings (SSSR count). The Kier molecular flexibility index (Phi) is 6.15. The molecule has 0 fully saturated rings. The lowest BCUT2D eigenvalue weighted by atomic mass is 10.1. The Bertz CT molecular complexity index is 382. The van der Waals surface area contributed by atoms with Crippen LogP contribution in [0, 0.1) is 0 Å². The Hall–Kier alpha value is -0.550. The van der Waals surface area contributed by atoms with Gasteiger partial charge in [0, 0.05) is 16.3 Å². The molecular weight excluding hydrogens is 285 g/mol. The van der Waals surface area contributed by atoms with E-state index in [1.54, 1.807) is 19.1 Å². The molecule has 0 radical (unpaired) electrons. The Labute approximate surface area is 114 Å². The van der Waals surface area contributed by atoms with Gasteiger partial charge in [0.2, 0.25) is 0 Å². The summed E-state index contributed by atoms with van der Waals surface area (Å²) in [6.07, 6.45) is 1.11. The van der Waals surface area contributed by atoms with Crippen LogP contribution in [-0.2, 0) is 6.42 Å². The number of hydrogen-bond donors (Lipinski definition) is 0. The highest BCUT2D eigenvalue weighted by atomic mass is 35.5. The number of benzene rings is 1. The van der Waals surface area contributed by atoms with E-state index in [0.29, 0.717) is 36.6 Å². The van der Waals surface area contributed by atoms with Crippen molar-refractivity contribution in [2.24, 2.45) is 0 Å². The number of hydrogen-bond acceptors (Lipinski definition) is 2. The summed E-state index contributed by atoms with van der Waals surface area (Å²) >= 11 is 5.49. The van der Waals surface area contributed by atoms with Crippen LogP contribution in [0.1, 0.15) is 18.9 Å². The van der Waals surface area contributed by atoms with Crippen molar-refractivity contribution < 1.29 is 17.9 Å². The molecule has 1 aromatic rings. The van der Waals surface area contributed by atoms with Crippen LogP contribution in [-0.4, -0.2) is 18.0 Å². The van der Waals surface area contributed by atoms with E-state index in [9.17, 15) is 13.2 Å². The fourth-order valence-corrected chi connectivity index (χ4v) is 2.40. The highest BCUT2D eigenvalue weighted by Gasteiger charge is 2.30. The maximum Gasteiger partial charge on any atom is 0.446 e. The zero-order chi connectivity index (χ0) is 13.6. The molecule has 0 N–H and O–H groups in total. The summed E-state index contributed by atoms with van der Waals surface area (Å²) in [5.41, 5.74) is -3.71. The van der Waals surface area contributed by atoms with Crippen molar-refractivity contribution in [1.82, 2.24) is 0 Å². The van der Waals surface area contributed by atoms with Gasteiger partial charge < -0.3 is 4.74 Å². The SMILES string of the molecule is CCOc1cccc(SC(F)(F)F)c1CCCCl. The molecule has 0 amide bonds. The first-order chi connectivity index (χ1) is 8.48. The third kappa shape index (κ3) is 4.98. The molecule has 0 aliphatic carbocycles. The average Bonchev–Trinajstić information content (AvgIpc) is 2.26. The second kappa shape index (κ2) is 7.14. The third-order valence-electron chi connectivity index (χ3n) is 2.18. The van der Waals surface area contributed by atoms with E-state index < -0.39 is 5.51 Å². The van der Waals surface area contributed by atoms with Crippen LogP contribution in [0.3, 0.4) is 0 Å². The van der Waals surface area contributed by atoms with Gasteiger partial charge in [-0.05, 0) is 43.7 Å². The summed E-state index contributed by atoms with van der Waals surface area (Å²) in [4.78, 5) is 0.193. The summed E-state index contributed by atoms with van der Waals surface area (Å²) in [5, 5.41) is 0. The minimum atomic E-state index is -4.29. The van der Waals surface area contributed by atoms with Crippen LogP contribution in [0.5, 0.6) is 5.75 Å². The van der Waals surface area contributed by atoms with Crippen LogP contribution in [0.25, 0.3) is 0 Å². The van der Waals surface area contributed by atoms with Crippen LogP contribution in [0.4, 0.5) is 13.2 Å². The molecule has 0 aliphatic rings. The molecule has 0 bridgehead atoms. The van der Waals surface area contributed by atoms with Crippen molar-refractivity contribution in [2.45, 2.75) is 30.2 Å². The smallest absolute Gasteiger partial charge is 0.446 e. The summed E-state index contributed by atoms with van der Waals surface area (Å²) in [5.74, 6) is 0.924. The largest absolute Gasteiger partial charge is 0.494 e. The second-order valence-corrected chi connectivity index (χ2v) is 4.99. The van der Waals surface area contributed by atoms with E-state index in [2.05, 4.69) is 0 Å². The first-order valence-corrected chi connectivity index (χ1v) is 6.89. The molecule has 0 saturated heterocycles.